The van der Waals surface area contributed by atoms with Crippen molar-refractivity contribution in [2.45, 2.75) is 19.6 Å². The van der Waals surface area contributed by atoms with Crippen molar-refractivity contribution >= 4 is 37.8 Å². The van der Waals surface area contributed by atoms with Crippen molar-refractivity contribution < 1.29 is 9.22 Å². The van der Waals surface area contributed by atoms with Crippen molar-refractivity contribution in [3.8, 4) is 5.75 Å². The highest BCUT2D eigenvalue weighted by atomic mass is 35.5. The molecule has 0 saturated carbocycles. The van der Waals surface area contributed by atoms with Crippen LogP contribution in [0.1, 0.15) is 10.4 Å². The van der Waals surface area contributed by atoms with Gasteiger partial charge in [0.15, 0.2) is 6.29 Å². The van der Waals surface area contributed by atoms with Gasteiger partial charge in [0.2, 0.25) is 8.32 Å². The molecule has 82 valence electrons. The summed E-state index contributed by atoms with van der Waals surface area (Å²) in [6.07, 6.45) is 0.642. The van der Waals surface area contributed by atoms with E-state index in [0.29, 0.717) is 27.6 Å². The molecule has 5 heteroatoms. The molecule has 0 bridgehead atoms. The van der Waals surface area contributed by atoms with Crippen LogP contribution in [0.2, 0.25) is 29.7 Å². The van der Waals surface area contributed by atoms with Crippen LogP contribution in [0, 0.1) is 0 Å². The summed E-state index contributed by atoms with van der Waals surface area (Å²) in [6.45, 7) is 6.17. The van der Waals surface area contributed by atoms with Crippen LogP contribution in [0.3, 0.4) is 0 Å². The quantitative estimate of drug-likeness (QED) is 0.608. The average molecular weight is 263 g/mol. The lowest BCUT2D eigenvalue weighted by molar-refractivity contribution is 0.112. The molecule has 0 aliphatic heterocycles. The zero-order chi connectivity index (χ0) is 11.6. The van der Waals surface area contributed by atoms with Gasteiger partial charge in [-0.3, -0.25) is 4.79 Å². The molecular weight excluding hydrogens is 251 g/mol. The average Bonchev–Trinajstić information content (AvgIpc) is 1.99. The van der Waals surface area contributed by atoms with Gasteiger partial charge in [-0.2, -0.15) is 0 Å². The molecule has 0 N–H and O–H groups in total. The standard InChI is InChI=1S/C10H12Cl2O2Si/c1-15(2,3)14-7-4-9(11)8(6-13)10(12)5-7/h4-6H,1-3H3. The summed E-state index contributed by atoms with van der Waals surface area (Å²) in [5.41, 5.74) is 0.307. The first-order valence-electron chi connectivity index (χ1n) is 4.47. The van der Waals surface area contributed by atoms with Gasteiger partial charge in [-0.05, 0) is 31.8 Å². The first-order valence-corrected chi connectivity index (χ1v) is 8.63. The molecule has 0 aliphatic rings. The number of hydrogen-bond donors (Lipinski definition) is 0. The van der Waals surface area contributed by atoms with E-state index in [2.05, 4.69) is 19.6 Å². The second kappa shape index (κ2) is 4.55. The third-order valence-corrected chi connectivity index (χ3v) is 3.07. The summed E-state index contributed by atoms with van der Waals surface area (Å²) >= 11 is 11.8. The monoisotopic (exact) mass is 262 g/mol. The van der Waals surface area contributed by atoms with Crippen LogP contribution < -0.4 is 4.43 Å². The normalized spacial score (nSPS) is 11.3. The van der Waals surface area contributed by atoms with Crippen LogP contribution in [0.25, 0.3) is 0 Å². The minimum Gasteiger partial charge on any atom is -0.544 e. The van der Waals surface area contributed by atoms with E-state index >= 15 is 0 Å². The summed E-state index contributed by atoms with van der Waals surface area (Å²) in [4.78, 5) is 10.6. The lowest BCUT2D eigenvalue weighted by Crippen LogP contribution is -2.29. The maximum absolute atomic E-state index is 10.6. The van der Waals surface area contributed by atoms with Gasteiger partial charge < -0.3 is 4.43 Å². The second-order valence-corrected chi connectivity index (χ2v) is 9.38. The third-order valence-electron chi connectivity index (χ3n) is 1.59. The summed E-state index contributed by atoms with van der Waals surface area (Å²) in [5, 5.41) is 0.650. The number of rotatable bonds is 3. The van der Waals surface area contributed by atoms with Gasteiger partial charge in [-0.25, -0.2) is 0 Å². The number of hydrogen-bond acceptors (Lipinski definition) is 2. The Bertz CT molecular complexity index is 362. The lowest BCUT2D eigenvalue weighted by Gasteiger charge is -2.19. The molecule has 0 aromatic heterocycles. The van der Waals surface area contributed by atoms with Crippen molar-refractivity contribution in [1.29, 1.82) is 0 Å². The van der Waals surface area contributed by atoms with Gasteiger partial charge in [0.1, 0.15) is 5.75 Å². The third kappa shape index (κ3) is 3.52. The van der Waals surface area contributed by atoms with E-state index in [1.807, 2.05) is 0 Å². The molecule has 0 heterocycles. The van der Waals surface area contributed by atoms with Crippen molar-refractivity contribution in [1.82, 2.24) is 0 Å². The Hall–Kier alpha value is -0.513. The molecule has 2 nitrogen and oxygen atoms in total. The van der Waals surface area contributed by atoms with Gasteiger partial charge in [-0.15, -0.1) is 0 Å². The smallest absolute Gasteiger partial charge is 0.242 e. The minimum atomic E-state index is -1.68. The Morgan fingerprint density at radius 1 is 1.20 bits per heavy atom. The summed E-state index contributed by atoms with van der Waals surface area (Å²) in [5.74, 6) is 0.620. The van der Waals surface area contributed by atoms with Gasteiger partial charge in [0.25, 0.3) is 0 Å². The molecule has 0 spiro atoms. The van der Waals surface area contributed by atoms with Crippen molar-refractivity contribution in [2.75, 3.05) is 0 Å². The van der Waals surface area contributed by atoms with E-state index in [1.165, 1.54) is 0 Å². The fourth-order valence-corrected chi connectivity index (χ4v) is 2.47. The summed E-state index contributed by atoms with van der Waals surface area (Å²) in [7, 11) is -1.68. The number of carbonyl (C=O) groups excluding carboxylic acids is 1. The molecule has 0 aliphatic carbocycles. The zero-order valence-electron chi connectivity index (χ0n) is 8.80. The first-order chi connectivity index (χ1) is 6.83. The van der Waals surface area contributed by atoms with E-state index < -0.39 is 8.32 Å². The summed E-state index contributed by atoms with van der Waals surface area (Å²) in [6, 6.07) is 3.24. The maximum atomic E-state index is 10.6. The second-order valence-electron chi connectivity index (χ2n) is 4.13. The molecule has 0 saturated heterocycles. The molecule has 15 heavy (non-hydrogen) atoms. The Morgan fingerprint density at radius 3 is 2.00 bits per heavy atom. The minimum absolute atomic E-state index is 0.307. The first kappa shape index (κ1) is 12.6. The number of benzene rings is 1. The Labute approximate surface area is 100 Å². The largest absolute Gasteiger partial charge is 0.544 e. The Kier molecular flexibility index (Phi) is 3.81. The molecule has 0 fully saturated rings. The molecule has 1 aromatic rings. The molecule has 0 amide bonds. The van der Waals surface area contributed by atoms with E-state index in [0.717, 1.165) is 0 Å². The maximum Gasteiger partial charge on any atom is 0.242 e. The molecule has 0 radical (unpaired) electrons. The van der Waals surface area contributed by atoms with Crippen LogP contribution in [0.4, 0.5) is 0 Å². The highest BCUT2D eigenvalue weighted by molar-refractivity contribution is 6.70. The zero-order valence-corrected chi connectivity index (χ0v) is 11.3. The van der Waals surface area contributed by atoms with Gasteiger partial charge in [0.05, 0.1) is 15.6 Å². The molecule has 1 aromatic carbocycles. The fraction of sp³-hybridized carbons (Fsp3) is 0.300. The molecule has 1 rings (SSSR count). The van der Waals surface area contributed by atoms with Crippen molar-refractivity contribution in [3.05, 3.63) is 27.7 Å². The molecule has 0 atom stereocenters. The Balaban J connectivity index is 3.09. The van der Waals surface area contributed by atoms with E-state index in [1.54, 1.807) is 12.1 Å². The number of halogens is 2. The number of aldehydes is 1. The highest BCUT2D eigenvalue weighted by Gasteiger charge is 2.17. The van der Waals surface area contributed by atoms with Crippen LogP contribution >= 0.6 is 23.2 Å². The van der Waals surface area contributed by atoms with E-state index in [9.17, 15) is 4.79 Å². The van der Waals surface area contributed by atoms with Crippen molar-refractivity contribution in [3.63, 3.8) is 0 Å². The van der Waals surface area contributed by atoms with Crippen molar-refractivity contribution in [2.24, 2.45) is 0 Å². The lowest BCUT2D eigenvalue weighted by atomic mass is 10.2. The van der Waals surface area contributed by atoms with E-state index in [-0.39, 0.29) is 0 Å². The van der Waals surface area contributed by atoms with Gasteiger partial charge >= 0.3 is 0 Å². The van der Waals surface area contributed by atoms with Gasteiger partial charge in [-0.1, -0.05) is 23.2 Å². The van der Waals surface area contributed by atoms with Crippen LogP contribution in [-0.4, -0.2) is 14.6 Å². The predicted molar refractivity (Wildman–Crippen MR) is 65.8 cm³/mol. The topological polar surface area (TPSA) is 26.3 Å². The number of carbonyl (C=O) groups is 1. The molecule has 0 unspecified atom stereocenters. The highest BCUT2D eigenvalue weighted by Crippen LogP contribution is 2.30. The predicted octanol–water partition coefficient (Wildman–Crippen LogP) is 4.02. The van der Waals surface area contributed by atoms with Crippen LogP contribution in [-0.2, 0) is 0 Å². The molecular formula is C10H12Cl2O2Si. The SMILES string of the molecule is C[Si](C)(C)Oc1cc(Cl)c(C=O)c(Cl)c1. The summed E-state index contributed by atoms with van der Waals surface area (Å²) < 4.78 is 5.72. The van der Waals surface area contributed by atoms with E-state index in [4.69, 9.17) is 27.6 Å². The fourth-order valence-electron chi connectivity index (χ4n) is 1.09. The van der Waals surface area contributed by atoms with Gasteiger partial charge in [0, 0.05) is 0 Å². The van der Waals surface area contributed by atoms with Crippen LogP contribution in [0.5, 0.6) is 5.75 Å². The Morgan fingerprint density at radius 2 is 1.67 bits per heavy atom. The van der Waals surface area contributed by atoms with Crippen LogP contribution in [0.15, 0.2) is 12.1 Å².